The van der Waals surface area contributed by atoms with Crippen LogP contribution in [0.1, 0.15) is 33.1 Å². The fraction of sp³-hybridized carbons (Fsp3) is 0.571. The molecule has 1 aromatic carbocycles. The summed E-state index contributed by atoms with van der Waals surface area (Å²) in [5.41, 5.74) is 5.87. The highest BCUT2D eigenvalue weighted by Crippen LogP contribution is 2.48. The van der Waals surface area contributed by atoms with Crippen molar-refractivity contribution in [2.45, 2.75) is 45.3 Å². The summed E-state index contributed by atoms with van der Waals surface area (Å²) in [5.74, 6) is -1.59. The Morgan fingerprint density at radius 2 is 1.83 bits per heavy atom. The maximum absolute atomic E-state index is 13.5. The fourth-order valence-electron chi connectivity index (χ4n) is 2.91. The molecule has 1 aromatic rings. The number of hydrogen-bond acceptors (Lipinski definition) is 2. The lowest BCUT2D eigenvalue weighted by Gasteiger charge is -2.53. The Kier molecular flexibility index (Phi) is 3.57. The maximum Gasteiger partial charge on any atom is 0.191 e. The van der Waals surface area contributed by atoms with E-state index >= 15 is 0 Å². The Bertz CT molecular complexity index is 412. The van der Waals surface area contributed by atoms with Crippen molar-refractivity contribution in [2.24, 2.45) is 11.1 Å². The van der Waals surface area contributed by atoms with E-state index in [1.165, 1.54) is 18.2 Å². The van der Waals surface area contributed by atoms with Crippen molar-refractivity contribution >= 4 is 0 Å². The van der Waals surface area contributed by atoms with Gasteiger partial charge in [0.05, 0.1) is 0 Å². The third kappa shape index (κ3) is 1.88. The zero-order chi connectivity index (χ0) is 13.3. The van der Waals surface area contributed by atoms with E-state index in [0.29, 0.717) is 6.42 Å². The summed E-state index contributed by atoms with van der Waals surface area (Å²) < 4.78 is 32.6. The van der Waals surface area contributed by atoms with Gasteiger partial charge in [-0.3, -0.25) is 0 Å². The smallest absolute Gasteiger partial charge is 0.191 e. The number of benzene rings is 1. The topological polar surface area (TPSA) is 35.2 Å². The van der Waals surface area contributed by atoms with Gasteiger partial charge in [0.25, 0.3) is 0 Å². The molecule has 2 N–H and O–H groups in total. The summed E-state index contributed by atoms with van der Waals surface area (Å²) in [6.07, 6.45) is 2.15. The molecule has 0 heterocycles. The van der Waals surface area contributed by atoms with Crippen molar-refractivity contribution in [3.05, 3.63) is 29.8 Å². The number of nitrogens with two attached hydrogens (primary N) is 1. The summed E-state index contributed by atoms with van der Waals surface area (Å²) in [6, 6.07) is 3.79. The van der Waals surface area contributed by atoms with Gasteiger partial charge < -0.3 is 10.5 Å². The highest BCUT2D eigenvalue weighted by Gasteiger charge is 2.52. The van der Waals surface area contributed by atoms with Crippen molar-refractivity contribution in [1.29, 1.82) is 0 Å². The van der Waals surface area contributed by atoms with E-state index in [2.05, 4.69) is 0 Å². The fourth-order valence-corrected chi connectivity index (χ4v) is 2.91. The second-order valence-electron chi connectivity index (χ2n) is 4.94. The Labute approximate surface area is 106 Å². The Balaban J connectivity index is 2.20. The number of hydrogen-bond donors (Lipinski definition) is 1. The zero-order valence-corrected chi connectivity index (χ0v) is 10.7. The summed E-state index contributed by atoms with van der Waals surface area (Å²) in [6.45, 7) is 4.08. The van der Waals surface area contributed by atoms with Crippen LogP contribution in [0.25, 0.3) is 0 Å². The Hall–Kier alpha value is -1.16. The number of rotatable bonds is 4. The molecule has 0 aliphatic heterocycles. The van der Waals surface area contributed by atoms with Gasteiger partial charge in [-0.05, 0) is 25.0 Å². The molecule has 2 unspecified atom stereocenters. The van der Waals surface area contributed by atoms with Crippen LogP contribution in [-0.2, 0) is 0 Å². The van der Waals surface area contributed by atoms with Crippen LogP contribution in [0.2, 0.25) is 0 Å². The van der Waals surface area contributed by atoms with Crippen LogP contribution in [-0.4, -0.2) is 12.1 Å². The molecule has 0 bridgehead atoms. The van der Waals surface area contributed by atoms with Gasteiger partial charge in [0.15, 0.2) is 17.4 Å². The number of para-hydroxylation sites is 1. The van der Waals surface area contributed by atoms with E-state index < -0.39 is 11.6 Å². The van der Waals surface area contributed by atoms with Crippen LogP contribution in [0.5, 0.6) is 5.75 Å². The van der Waals surface area contributed by atoms with Crippen LogP contribution in [0, 0.1) is 17.0 Å². The van der Waals surface area contributed by atoms with E-state index in [4.69, 9.17) is 10.5 Å². The van der Waals surface area contributed by atoms with E-state index in [1.54, 1.807) is 0 Å². The standard InChI is InChI=1S/C14H19F2NO/c1-3-14(4-2)11(17)8-12(14)18-13-9(15)6-5-7-10(13)16/h5-7,11-12H,3-4,8,17H2,1-2H3. The Morgan fingerprint density at radius 1 is 1.28 bits per heavy atom. The van der Waals surface area contributed by atoms with Crippen LogP contribution in [0.15, 0.2) is 18.2 Å². The average Bonchev–Trinajstić information content (AvgIpc) is 2.34. The van der Waals surface area contributed by atoms with Gasteiger partial charge in [-0.2, -0.15) is 0 Å². The molecule has 0 radical (unpaired) electrons. The summed E-state index contributed by atoms with van der Waals surface area (Å²) in [4.78, 5) is 0. The van der Waals surface area contributed by atoms with Gasteiger partial charge in [0.2, 0.25) is 0 Å². The van der Waals surface area contributed by atoms with Gasteiger partial charge in [0, 0.05) is 17.9 Å². The third-order valence-electron chi connectivity index (χ3n) is 4.34. The molecule has 18 heavy (non-hydrogen) atoms. The van der Waals surface area contributed by atoms with Crippen LogP contribution >= 0.6 is 0 Å². The SMILES string of the molecule is CCC1(CC)C(N)CC1Oc1c(F)cccc1F. The van der Waals surface area contributed by atoms with E-state index in [-0.39, 0.29) is 23.3 Å². The number of halogens is 2. The molecular weight excluding hydrogens is 236 g/mol. The van der Waals surface area contributed by atoms with Gasteiger partial charge >= 0.3 is 0 Å². The molecule has 2 rings (SSSR count). The van der Waals surface area contributed by atoms with Gasteiger partial charge in [0.1, 0.15) is 6.10 Å². The first-order chi connectivity index (χ1) is 8.55. The molecule has 2 atom stereocenters. The highest BCUT2D eigenvalue weighted by molar-refractivity contribution is 5.27. The Morgan fingerprint density at radius 3 is 2.28 bits per heavy atom. The largest absolute Gasteiger partial charge is 0.484 e. The first-order valence-electron chi connectivity index (χ1n) is 6.41. The summed E-state index contributed by atoms with van der Waals surface area (Å²) in [5, 5.41) is 0. The molecule has 0 aromatic heterocycles. The molecule has 1 aliphatic rings. The molecule has 1 saturated carbocycles. The van der Waals surface area contributed by atoms with Crippen molar-refractivity contribution < 1.29 is 13.5 Å². The lowest BCUT2D eigenvalue weighted by atomic mass is 9.59. The monoisotopic (exact) mass is 255 g/mol. The van der Waals surface area contributed by atoms with Crippen molar-refractivity contribution in [2.75, 3.05) is 0 Å². The first-order valence-corrected chi connectivity index (χ1v) is 6.41. The summed E-state index contributed by atoms with van der Waals surface area (Å²) in [7, 11) is 0. The van der Waals surface area contributed by atoms with Gasteiger partial charge in [-0.1, -0.05) is 19.9 Å². The van der Waals surface area contributed by atoms with Crippen LogP contribution in [0.3, 0.4) is 0 Å². The molecule has 1 aliphatic carbocycles. The van der Waals surface area contributed by atoms with Gasteiger partial charge in [-0.15, -0.1) is 0 Å². The molecule has 0 spiro atoms. The molecule has 2 nitrogen and oxygen atoms in total. The van der Waals surface area contributed by atoms with E-state index in [0.717, 1.165) is 12.8 Å². The third-order valence-corrected chi connectivity index (χ3v) is 4.34. The van der Waals surface area contributed by atoms with E-state index in [9.17, 15) is 8.78 Å². The lowest BCUT2D eigenvalue weighted by molar-refractivity contribution is -0.0753. The minimum absolute atomic E-state index is 0.0485. The van der Waals surface area contributed by atoms with Crippen molar-refractivity contribution in [1.82, 2.24) is 0 Å². The molecule has 4 heteroatoms. The van der Waals surface area contributed by atoms with Gasteiger partial charge in [-0.25, -0.2) is 8.78 Å². The van der Waals surface area contributed by atoms with Crippen molar-refractivity contribution in [3.8, 4) is 5.75 Å². The average molecular weight is 255 g/mol. The first kappa shape index (κ1) is 13.3. The summed E-state index contributed by atoms with van der Waals surface area (Å²) >= 11 is 0. The molecule has 0 amide bonds. The normalized spacial score (nSPS) is 25.6. The van der Waals surface area contributed by atoms with E-state index in [1.807, 2.05) is 13.8 Å². The van der Waals surface area contributed by atoms with Crippen LogP contribution < -0.4 is 10.5 Å². The van der Waals surface area contributed by atoms with Crippen molar-refractivity contribution in [3.63, 3.8) is 0 Å². The quantitative estimate of drug-likeness (QED) is 0.896. The maximum atomic E-state index is 13.5. The van der Waals surface area contributed by atoms with Crippen LogP contribution in [0.4, 0.5) is 8.78 Å². The predicted molar refractivity (Wildman–Crippen MR) is 66.4 cm³/mol. The minimum atomic E-state index is -0.656. The zero-order valence-electron chi connectivity index (χ0n) is 10.7. The number of ether oxygens (including phenoxy) is 1. The predicted octanol–water partition coefficient (Wildman–Crippen LogP) is 3.25. The second kappa shape index (κ2) is 4.84. The molecule has 1 fully saturated rings. The lowest BCUT2D eigenvalue weighted by Crippen LogP contribution is -2.63. The minimum Gasteiger partial charge on any atom is -0.484 e. The molecule has 100 valence electrons. The molecular formula is C14H19F2NO. The second-order valence-corrected chi connectivity index (χ2v) is 4.94. The highest BCUT2D eigenvalue weighted by atomic mass is 19.1. The molecule has 0 saturated heterocycles.